The lowest BCUT2D eigenvalue weighted by Gasteiger charge is -2.14. The molecule has 1 N–H and O–H groups in total. The molecule has 1 aliphatic heterocycles. The highest BCUT2D eigenvalue weighted by atomic mass is 15.3. The summed E-state index contributed by atoms with van der Waals surface area (Å²) in [5.41, 5.74) is 3.78. The number of para-hydroxylation sites is 1. The summed E-state index contributed by atoms with van der Waals surface area (Å²) < 4.78 is 1.99. The summed E-state index contributed by atoms with van der Waals surface area (Å²) in [5.74, 6) is 0. The van der Waals surface area contributed by atoms with Gasteiger partial charge in [-0.15, -0.1) is 0 Å². The van der Waals surface area contributed by atoms with E-state index in [0.29, 0.717) is 6.04 Å². The summed E-state index contributed by atoms with van der Waals surface area (Å²) in [4.78, 5) is 0. The van der Waals surface area contributed by atoms with Gasteiger partial charge >= 0.3 is 0 Å². The normalized spacial score (nSPS) is 19.3. The number of hydrogen-bond donors (Lipinski definition) is 1. The minimum atomic E-state index is 0.628. The van der Waals surface area contributed by atoms with E-state index >= 15 is 0 Å². The summed E-state index contributed by atoms with van der Waals surface area (Å²) in [6.07, 6.45) is 7.67. The molecule has 1 aliphatic rings. The number of nitrogens with one attached hydrogen (secondary N) is 1. The predicted molar refractivity (Wildman–Crippen MR) is 73.0 cm³/mol. The molecule has 3 heteroatoms. The maximum atomic E-state index is 4.42. The van der Waals surface area contributed by atoms with Gasteiger partial charge in [0, 0.05) is 12.2 Å². The van der Waals surface area contributed by atoms with Crippen LogP contribution in [0.5, 0.6) is 0 Å². The quantitative estimate of drug-likeness (QED) is 0.894. The molecular weight excluding hydrogens is 222 g/mol. The van der Waals surface area contributed by atoms with E-state index in [1.54, 1.807) is 0 Å². The lowest BCUT2D eigenvalue weighted by molar-refractivity contribution is 0.600. The third kappa shape index (κ3) is 2.31. The van der Waals surface area contributed by atoms with Crippen LogP contribution in [0.4, 0.5) is 0 Å². The summed E-state index contributed by atoms with van der Waals surface area (Å²) in [6, 6.07) is 9.19. The van der Waals surface area contributed by atoms with Crippen molar-refractivity contribution in [3.05, 3.63) is 47.8 Å². The number of benzene rings is 1. The van der Waals surface area contributed by atoms with Gasteiger partial charge in [-0.05, 0) is 49.9 Å². The van der Waals surface area contributed by atoms with Gasteiger partial charge in [0.25, 0.3) is 0 Å². The molecule has 1 unspecified atom stereocenters. The van der Waals surface area contributed by atoms with Gasteiger partial charge in [0.1, 0.15) is 0 Å². The van der Waals surface area contributed by atoms with Crippen molar-refractivity contribution in [2.45, 2.75) is 32.2 Å². The smallest absolute Gasteiger partial charge is 0.0678 e. The third-order valence-corrected chi connectivity index (χ3v) is 3.58. The molecule has 0 spiro atoms. The van der Waals surface area contributed by atoms with Gasteiger partial charge in [0.15, 0.2) is 0 Å². The van der Waals surface area contributed by atoms with E-state index in [9.17, 15) is 0 Å². The molecule has 18 heavy (non-hydrogen) atoms. The van der Waals surface area contributed by atoms with Crippen molar-refractivity contribution in [2.24, 2.45) is 0 Å². The van der Waals surface area contributed by atoms with E-state index in [-0.39, 0.29) is 0 Å². The van der Waals surface area contributed by atoms with Crippen molar-refractivity contribution in [1.82, 2.24) is 15.1 Å². The van der Waals surface area contributed by atoms with Crippen LogP contribution >= 0.6 is 0 Å². The van der Waals surface area contributed by atoms with Crippen molar-refractivity contribution in [3.63, 3.8) is 0 Å². The third-order valence-electron chi connectivity index (χ3n) is 3.58. The highest BCUT2D eigenvalue weighted by molar-refractivity contribution is 5.41. The van der Waals surface area contributed by atoms with Crippen LogP contribution in [-0.2, 0) is 6.42 Å². The average Bonchev–Trinajstić information content (AvgIpc) is 3.02. The molecule has 1 saturated heterocycles. The second-order valence-electron chi connectivity index (χ2n) is 5.09. The Bertz CT molecular complexity index is 524. The zero-order chi connectivity index (χ0) is 12.4. The number of aromatic nitrogens is 2. The fourth-order valence-corrected chi connectivity index (χ4v) is 2.65. The van der Waals surface area contributed by atoms with E-state index in [0.717, 1.165) is 13.0 Å². The minimum Gasteiger partial charge on any atom is -0.314 e. The maximum Gasteiger partial charge on any atom is 0.0678 e. The number of rotatable bonds is 3. The molecule has 0 bridgehead atoms. The number of hydrogen-bond acceptors (Lipinski definition) is 2. The van der Waals surface area contributed by atoms with Gasteiger partial charge in [-0.3, -0.25) is 0 Å². The minimum absolute atomic E-state index is 0.628. The molecule has 0 aliphatic carbocycles. The molecule has 1 aromatic carbocycles. The molecule has 2 heterocycles. The molecule has 0 saturated carbocycles. The van der Waals surface area contributed by atoms with E-state index in [1.165, 1.54) is 29.7 Å². The Hall–Kier alpha value is -1.61. The zero-order valence-corrected chi connectivity index (χ0v) is 10.8. The lowest BCUT2D eigenvalue weighted by Crippen LogP contribution is -2.24. The summed E-state index contributed by atoms with van der Waals surface area (Å²) in [5, 5.41) is 7.98. The Labute approximate surface area is 108 Å². The van der Waals surface area contributed by atoms with Gasteiger partial charge in [0.2, 0.25) is 0 Å². The van der Waals surface area contributed by atoms with Crippen LogP contribution in [0.2, 0.25) is 0 Å². The standard InChI is InChI=1S/C15H19N3/c1-12-10-17-18(11-12)15-7-3-2-5-13(15)9-14-6-4-8-16-14/h2-3,5,7,10-11,14,16H,4,6,8-9H2,1H3. The van der Waals surface area contributed by atoms with Gasteiger partial charge in [-0.25, -0.2) is 4.68 Å². The van der Waals surface area contributed by atoms with Crippen molar-refractivity contribution < 1.29 is 0 Å². The van der Waals surface area contributed by atoms with E-state index < -0.39 is 0 Å². The zero-order valence-electron chi connectivity index (χ0n) is 10.8. The van der Waals surface area contributed by atoms with Crippen molar-refractivity contribution in [3.8, 4) is 5.69 Å². The van der Waals surface area contributed by atoms with Gasteiger partial charge in [0.05, 0.1) is 11.9 Å². The second kappa shape index (κ2) is 4.94. The second-order valence-corrected chi connectivity index (χ2v) is 5.09. The molecule has 3 nitrogen and oxygen atoms in total. The van der Waals surface area contributed by atoms with Crippen LogP contribution in [0.25, 0.3) is 5.69 Å². The van der Waals surface area contributed by atoms with Crippen LogP contribution in [0.3, 0.4) is 0 Å². The molecule has 0 amide bonds. The van der Waals surface area contributed by atoms with Gasteiger partial charge in [-0.1, -0.05) is 18.2 Å². The average molecular weight is 241 g/mol. The van der Waals surface area contributed by atoms with E-state index in [1.807, 2.05) is 10.9 Å². The van der Waals surface area contributed by atoms with E-state index in [4.69, 9.17) is 0 Å². The first kappa shape index (κ1) is 11.5. The van der Waals surface area contributed by atoms with Crippen LogP contribution in [0.1, 0.15) is 24.0 Å². The molecule has 94 valence electrons. The Morgan fingerprint density at radius 1 is 1.39 bits per heavy atom. The first-order valence-corrected chi connectivity index (χ1v) is 6.66. The monoisotopic (exact) mass is 241 g/mol. The topological polar surface area (TPSA) is 29.9 Å². The van der Waals surface area contributed by atoms with E-state index in [2.05, 4.69) is 47.8 Å². The summed E-state index contributed by atoms with van der Waals surface area (Å²) in [7, 11) is 0. The van der Waals surface area contributed by atoms with Crippen LogP contribution < -0.4 is 5.32 Å². The first-order valence-electron chi connectivity index (χ1n) is 6.66. The lowest BCUT2D eigenvalue weighted by atomic mass is 10.0. The fourth-order valence-electron chi connectivity index (χ4n) is 2.65. The van der Waals surface area contributed by atoms with Crippen LogP contribution in [0, 0.1) is 6.92 Å². The van der Waals surface area contributed by atoms with Crippen molar-refractivity contribution in [1.29, 1.82) is 0 Å². The first-order chi connectivity index (χ1) is 8.83. The fraction of sp³-hybridized carbons (Fsp3) is 0.400. The molecule has 2 aromatic rings. The van der Waals surface area contributed by atoms with Gasteiger partial charge in [-0.2, -0.15) is 5.10 Å². The number of aryl methyl sites for hydroxylation is 1. The predicted octanol–water partition coefficient (Wildman–Crippen LogP) is 2.48. The van der Waals surface area contributed by atoms with Crippen molar-refractivity contribution >= 4 is 0 Å². The molecule has 1 aromatic heterocycles. The van der Waals surface area contributed by atoms with Crippen LogP contribution in [-0.4, -0.2) is 22.4 Å². The maximum absolute atomic E-state index is 4.42. The molecule has 3 rings (SSSR count). The highest BCUT2D eigenvalue weighted by Crippen LogP contribution is 2.19. The number of nitrogens with zero attached hydrogens (tertiary/aromatic N) is 2. The Balaban J connectivity index is 1.89. The highest BCUT2D eigenvalue weighted by Gasteiger charge is 2.16. The molecule has 0 radical (unpaired) electrons. The van der Waals surface area contributed by atoms with Crippen molar-refractivity contribution in [2.75, 3.05) is 6.54 Å². The summed E-state index contributed by atoms with van der Waals surface area (Å²) >= 11 is 0. The summed E-state index contributed by atoms with van der Waals surface area (Å²) in [6.45, 7) is 3.23. The van der Waals surface area contributed by atoms with Crippen LogP contribution in [0.15, 0.2) is 36.7 Å². The molecule has 1 atom stereocenters. The largest absolute Gasteiger partial charge is 0.314 e. The Morgan fingerprint density at radius 2 is 2.28 bits per heavy atom. The molecule has 1 fully saturated rings. The Morgan fingerprint density at radius 3 is 3.00 bits per heavy atom. The van der Waals surface area contributed by atoms with Gasteiger partial charge < -0.3 is 5.32 Å². The Kier molecular flexibility index (Phi) is 3.15. The molecular formula is C15H19N3. The SMILES string of the molecule is Cc1cnn(-c2ccccc2CC2CCCN2)c1.